The van der Waals surface area contributed by atoms with Crippen molar-refractivity contribution in [3.8, 4) is 5.75 Å². The molecule has 0 atom stereocenters. The number of phenolic OH excluding ortho intramolecular Hbond substituents is 1. The van der Waals surface area contributed by atoms with Gasteiger partial charge in [-0.3, -0.25) is 4.98 Å². The Morgan fingerprint density at radius 2 is 1.75 bits per heavy atom. The third kappa shape index (κ3) is 4.24. The summed E-state index contributed by atoms with van der Waals surface area (Å²) in [7, 11) is 0. The number of phenols is 1. The van der Waals surface area contributed by atoms with E-state index in [0.29, 0.717) is 16.8 Å². The Labute approximate surface area is 118 Å². The van der Waals surface area contributed by atoms with Crippen LogP contribution in [0.3, 0.4) is 0 Å². The molecule has 2 rings (SSSR count). The molecule has 0 radical (unpaired) electrons. The second-order valence-electron chi connectivity index (χ2n) is 3.66. The van der Waals surface area contributed by atoms with E-state index in [1.54, 1.807) is 36.5 Å². The zero-order valence-corrected chi connectivity index (χ0v) is 11.4. The van der Waals surface area contributed by atoms with Gasteiger partial charge in [0.05, 0.1) is 5.69 Å². The minimum atomic E-state index is -1.04. The molecular formula is C16H17NO3. The van der Waals surface area contributed by atoms with Crippen molar-refractivity contribution < 1.29 is 15.0 Å². The van der Waals surface area contributed by atoms with E-state index in [4.69, 9.17) is 5.11 Å². The van der Waals surface area contributed by atoms with Crippen molar-refractivity contribution in [1.82, 2.24) is 4.98 Å². The summed E-state index contributed by atoms with van der Waals surface area (Å²) in [4.78, 5) is 15.0. The van der Waals surface area contributed by atoms with Crippen molar-refractivity contribution in [2.75, 3.05) is 0 Å². The molecule has 0 saturated heterocycles. The molecule has 1 aromatic carbocycles. The third-order valence-electron chi connectivity index (χ3n) is 2.39. The van der Waals surface area contributed by atoms with Crippen molar-refractivity contribution >= 4 is 11.5 Å². The molecule has 2 aromatic rings. The number of aromatic hydroxyl groups is 1. The van der Waals surface area contributed by atoms with Gasteiger partial charge in [0.1, 0.15) is 5.75 Å². The molecule has 0 unspecified atom stereocenters. The first-order chi connectivity index (χ1) is 9.66. The molecule has 4 nitrogen and oxygen atoms in total. The van der Waals surface area contributed by atoms with Crippen molar-refractivity contribution in [1.29, 1.82) is 0 Å². The maximum absolute atomic E-state index is 10.9. The SMILES string of the molecule is CC.O=C(O)/C=C(\c1ccc(O)cc1)c1ccccn1. The summed E-state index contributed by atoms with van der Waals surface area (Å²) in [6.45, 7) is 4.00. The molecule has 0 fully saturated rings. The minimum absolute atomic E-state index is 0.134. The summed E-state index contributed by atoms with van der Waals surface area (Å²) in [5, 5.41) is 18.1. The highest BCUT2D eigenvalue weighted by molar-refractivity contribution is 5.94. The predicted octanol–water partition coefficient (Wildman–Crippen LogP) is 3.33. The second-order valence-corrected chi connectivity index (χ2v) is 3.66. The van der Waals surface area contributed by atoms with Gasteiger partial charge in [0.25, 0.3) is 0 Å². The lowest BCUT2D eigenvalue weighted by Crippen LogP contribution is -1.96. The number of hydrogen-bond donors (Lipinski definition) is 2. The molecular weight excluding hydrogens is 254 g/mol. The molecule has 104 valence electrons. The Balaban J connectivity index is 0.000000956. The van der Waals surface area contributed by atoms with E-state index in [0.717, 1.165) is 6.08 Å². The smallest absolute Gasteiger partial charge is 0.329 e. The number of benzene rings is 1. The van der Waals surface area contributed by atoms with E-state index in [1.165, 1.54) is 12.1 Å². The van der Waals surface area contributed by atoms with Crippen molar-refractivity contribution in [3.63, 3.8) is 0 Å². The number of carboxylic acids is 1. The second kappa shape index (κ2) is 7.74. The first-order valence-electron chi connectivity index (χ1n) is 6.32. The van der Waals surface area contributed by atoms with Gasteiger partial charge < -0.3 is 10.2 Å². The lowest BCUT2D eigenvalue weighted by Gasteiger charge is -2.06. The first kappa shape index (κ1) is 15.4. The van der Waals surface area contributed by atoms with E-state index < -0.39 is 5.97 Å². The van der Waals surface area contributed by atoms with Crippen LogP contribution in [0.25, 0.3) is 5.57 Å². The molecule has 0 aliphatic heterocycles. The fourth-order valence-corrected chi connectivity index (χ4v) is 1.59. The topological polar surface area (TPSA) is 70.4 Å². The van der Waals surface area contributed by atoms with E-state index in [-0.39, 0.29) is 5.75 Å². The molecule has 0 aliphatic carbocycles. The van der Waals surface area contributed by atoms with E-state index in [1.807, 2.05) is 13.8 Å². The Morgan fingerprint density at radius 1 is 1.10 bits per heavy atom. The van der Waals surface area contributed by atoms with Crippen LogP contribution in [0.1, 0.15) is 25.1 Å². The van der Waals surface area contributed by atoms with E-state index >= 15 is 0 Å². The van der Waals surface area contributed by atoms with E-state index in [9.17, 15) is 9.90 Å². The van der Waals surface area contributed by atoms with Crippen LogP contribution < -0.4 is 0 Å². The molecule has 1 aromatic heterocycles. The first-order valence-corrected chi connectivity index (χ1v) is 6.32. The molecule has 0 aliphatic rings. The van der Waals surface area contributed by atoms with Gasteiger partial charge in [0, 0.05) is 17.8 Å². The fraction of sp³-hybridized carbons (Fsp3) is 0.125. The Bertz CT molecular complexity index is 574. The number of rotatable bonds is 3. The van der Waals surface area contributed by atoms with Gasteiger partial charge in [0.15, 0.2) is 0 Å². The molecule has 2 N–H and O–H groups in total. The fourth-order valence-electron chi connectivity index (χ4n) is 1.59. The lowest BCUT2D eigenvalue weighted by atomic mass is 10.0. The van der Waals surface area contributed by atoms with Crippen molar-refractivity contribution in [2.24, 2.45) is 0 Å². The number of nitrogens with zero attached hydrogens (tertiary/aromatic N) is 1. The standard InChI is InChI=1S/C14H11NO3.C2H6/c16-11-6-4-10(5-7-11)12(9-14(17)18)13-3-1-2-8-15-13;1-2/h1-9,16H,(H,17,18);1-2H3/b12-9+;. The van der Waals surface area contributed by atoms with Crippen LogP contribution in [-0.2, 0) is 4.79 Å². The van der Waals surface area contributed by atoms with Crippen LogP contribution in [0.2, 0.25) is 0 Å². The van der Waals surface area contributed by atoms with E-state index in [2.05, 4.69) is 4.98 Å². The van der Waals surface area contributed by atoms with Gasteiger partial charge in [-0.25, -0.2) is 4.79 Å². The molecule has 1 heterocycles. The number of carboxylic acid groups (broad SMARTS) is 1. The zero-order chi connectivity index (χ0) is 15.0. The highest BCUT2D eigenvalue weighted by atomic mass is 16.4. The van der Waals surface area contributed by atoms with Gasteiger partial charge in [-0.1, -0.05) is 32.0 Å². The third-order valence-corrected chi connectivity index (χ3v) is 2.39. The van der Waals surface area contributed by atoms with Gasteiger partial charge in [0.2, 0.25) is 0 Å². The summed E-state index contributed by atoms with van der Waals surface area (Å²) >= 11 is 0. The normalized spacial score (nSPS) is 10.4. The number of pyridine rings is 1. The monoisotopic (exact) mass is 271 g/mol. The highest BCUT2D eigenvalue weighted by Crippen LogP contribution is 2.23. The van der Waals surface area contributed by atoms with Crippen LogP contribution in [-0.4, -0.2) is 21.2 Å². The maximum Gasteiger partial charge on any atom is 0.329 e. The van der Waals surface area contributed by atoms with Crippen molar-refractivity contribution in [3.05, 3.63) is 66.0 Å². The molecule has 0 saturated carbocycles. The number of aromatic nitrogens is 1. The summed E-state index contributed by atoms with van der Waals surface area (Å²) in [5.41, 5.74) is 1.77. The summed E-state index contributed by atoms with van der Waals surface area (Å²) < 4.78 is 0. The Hall–Kier alpha value is -2.62. The van der Waals surface area contributed by atoms with Crippen LogP contribution >= 0.6 is 0 Å². The largest absolute Gasteiger partial charge is 0.508 e. The highest BCUT2D eigenvalue weighted by Gasteiger charge is 2.08. The summed E-state index contributed by atoms with van der Waals surface area (Å²) in [6.07, 6.45) is 2.71. The molecule has 0 bridgehead atoms. The van der Waals surface area contributed by atoms with Crippen LogP contribution in [0.15, 0.2) is 54.7 Å². The number of carbonyl (C=O) groups is 1. The molecule has 0 amide bonds. The minimum Gasteiger partial charge on any atom is -0.508 e. The maximum atomic E-state index is 10.9. The average molecular weight is 271 g/mol. The van der Waals surface area contributed by atoms with Crippen LogP contribution in [0.5, 0.6) is 5.75 Å². The Morgan fingerprint density at radius 3 is 2.25 bits per heavy atom. The number of hydrogen-bond acceptors (Lipinski definition) is 3. The molecule has 0 spiro atoms. The Kier molecular flexibility index (Phi) is 5.97. The van der Waals surface area contributed by atoms with Gasteiger partial charge in [-0.15, -0.1) is 0 Å². The summed E-state index contributed by atoms with van der Waals surface area (Å²) in [6, 6.07) is 11.6. The van der Waals surface area contributed by atoms with Gasteiger partial charge >= 0.3 is 5.97 Å². The number of aliphatic carboxylic acids is 1. The average Bonchev–Trinajstić information content (AvgIpc) is 2.49. The van der Waals surface area contributed by atoms with Crippen LogP contribution in [0, 0.1) is 0 Å². The molecule has 20 heavy (non-hydrogen) atoms. The van der Waals surface area contributed by atoms with Gasteiger partial charge in [-0.05, 0) is 29.8 Å². The van der Waals surface area contributed by atoms with Crippen LogP contribution in [0.4, 0.5) is 0 Å². The lowest BCUT2D eigenvalue weighted by molar-refractivity contribution is -0.131. The zero-order valence-electron chi connectivity index (χ0n) is 11.4. The predicted molar refractivity (Wildman–Crippen MR) is 78.4 cm³/mol. The van der Waals surface area contributed by atoms with Crippen molar-refractivity contribution in [2.45, 2.75) is 13.8 Å². The van der Waals surface area contributed by atoms with Gasteiger partial charge in [-0.2, -0.15) is 0 Å². The summed E-state index contributed by atoms with van der Waals surface area (Å²) in [5.74, 6) is -0.904. The quantitative estimate of drug-likeness (QED) is 0.840. The molecule has 4 heteroatoms.